The molecule has 8 nitrogen and oxygen atoms in total. The predicted molar refractivity (Wildman–Crippen MR) is 93.3 cm³/mol. The first-order chi connectivity index (χ1) is 12.0. The van der Waals surface area contributed by atoms with Crippen molar-refractivity contribution in [3.8, 4) is 11.5 Å². The number of hydrogen-bond donors (Lipinski definition) is 2. The summed E-state index contributed by atoms with van der Waals surface area (Å²) in [6.07, 6.45) is 0. The molecule has 2 rings (SSSR count). The van der Waals surface area contributed by atoms with E-state index in [-0.39, 0.29) is 18.8 Å². The van der Waals surface area contributed by atoms with Crippen LogP contribution in [0, 0.1) is 17.0 Å². The molecule has 0 fully saturated rings. The Morgan fingerprint density at radius 1 is 1.20 bits per heavy atom. The van der Waals surface area contributed by atoms with Gasteiger partial charge in [0.15, 0.2) is 0 Å². The zero-order chi connectivity index (χ0) is 18.2. The Hall–Kier alpha value is -3.29. The van der Waals surface area contributed by atoms with Crippen molar-refractivity contribution >= 4 is 17.4 Å². The summed E-state index contributed by atoms with van der Waals surface area (Å²) in [7, 11) is 1.57. The molecule has 0 atom stereocenters. The number of ether oxygens (including phenoxy) is 2. The van der Waals surface area contributed by atoms with Crippen molar-refractivity contribution < 1.29 is 19.2 Å². The van der Waals surface area contributed by atoms with Crippen LogP contribution in [0.3, 0.4) is 0 Å². The minimum Gasteiger partial charge on any atom is -0.497 e. The molecule has 0 radical (unpaired) electrons. The standard InChI is InChI=1S/C17H19N3O5/c1-12-15(7-4-8-16(12)20(22)23)19-17(21)18-9-10-25-14-6-3-5-13(11-14)24-2/h3-8,11H,9-10H2,1-2H3,(H2,18,19,21). The van der Waals surface area contributed by atoms with Gasteiger partial charge < -0.3 is 20.1 Å². The number of methoxy groups -OCH3 is 1. The quantitative estimate of drug-likeness (QED) is 0.456. The number of nitrogens with one attached hydrogen (secondary N) is 2. The molecule has 2 amide bonds. The van der Waals surface area contributed by atoms with Gasteiger partial charge in [-0.25, -0.2) is 4.79 Å². The van der Waals surface area contributed by atoms with Crippen LogP contribution in [-0.4, -0.2) is 31.2 Å². The van der Waals surface area contributed by atoms with Gasteiger partial charge in [0.1, 0.15) is 18.1 Å². The monoisotopic (exact) mass is 345 g/mol. The van der Waals surface area contributed by atoms with E-state index in [2.05, 4.69) is 10.6 Å². The lowest BCUT2D eigenvalue weighted by Gasteiger charge is -2.11. The van der Waals surface area contributed by atoms with Crippen molar-refractivity contribution in [3.05, 3.63) is 58.1 Å². The van der Waals surface area contributed by atoms with E-state index < -0.39 is 11.0 Å². The number of hydrogen-bond acceptors (Lipinski definition) is 5. The molecule has 2 N–H and O–H groups in total. The van der Waals surface area contributed by atoms with Crippen LogP contribution in [0.4, 0.5) is 16.2 Å². The van der Waals surface area contributed by atoms with Gasteiger partial charge in [-0.3, -0.25) is 10.1 Å². The Morgan fingerprint density at radius 2 is 1.92 bits per heavy atom. The molecule has 0 aliphatic carbocycles. The van der Waals surface area contributed by atoms with E-state index in [0.717, 1.165) is 0 Å². The van der Waals surface area contributed by atoms with Crippen LogP contribution in [0.15, 0.2) is 42.5 Å². The third-order valence-electron chi connectivity index (χ3n) is 3.45. The SMILES string of the molecule is COc1cccc(OCCNC(=O)Nc2cccc([N+](=O)[O-])c2C)c1. The van der Waals surface area contributed by atoms with Gasteiger partial charge in [0.2, 0.25) is 0 Å². The van der Waals surface area contributed by atoms with E-state index in [1.165, 1.54) is 12.1 Å². The summed E-state index contributed by atoms with van der Waals surface area (Å²) in [4.78, 5) is 22.3. The molecule has 0 aliphatic heterocycles. The average molecular weight is 345 g/mol. The van der Waals surface area contributed by atoms with Crippen LogP contribution in [0.2, 0.25) is 0 Å². The molecule has 25 heavy (non-hydrogen) atoms. The van der Waals surface area contributed by atoms with Crippen molar-refractivity contribution in [3.63, 3.8) is 0 Å². The first-order valence-corrected chi connectivity index (χ1v) is 7.57. The van der Waals surface area contributed by atoms with E-state index >= 15 is 0 Å². The van der Waals surface area contributed by atoms with Gasteiger partial charge >= 0.3 is 6.03 Å². The summed E-state index contributed by atoms with van der Waals surface area (Å²) >= 11 is 0. The number of anilines is 1. The molecule has 0 heterocycles. The van der Waals surface area contributed by atoms with E-state index in [9.17, 15) is 14.9 Å². The number of amides is 2. The number of rotatable bonds is 7. The minimum absolute atomic E-state index is 0.0424. The summed E-state index contributed by atoms with van der Waals surface area (Å²) < 4.78 is 10.6. The van der Waals surface area contributed by atoms with Gasteiger partial charge in [-0.2, -0.15) is 0 Å². The van der Waals surface area contributed by atoms with Crippen LogP contribution in [0.25, 0.3) is 0 Å². The zero-order valence-corrected chi connectivity index (χ0v) is 13.9. The molecular formula is C17H19N3O5. The van der Waals surface area contributed by atoms with Gasteiger partial charge in [0.25, 0.3) is 5.69 Å². The summed E-state index contributed by atoms with van der Waals surface area (Å²) in [5.41, 5.74) is 0.745. The number of nitro groups is 1. The number of benzene rings is 2. The molecule has 2 aromatic rings. The molecule has 132 valence electrons. The Kier molecular flexibility index (Phi) is 6.16. The fraction of sp³-hybridized carbons (Fsp3) is 0.235. The van der Waals surface area contributed by atoms with E-state index in [1.54, 1.807) is 44.4 Å². The van der Waals surface area contributed by atoms with Crippen LogP contribution < -0.4 is 20.1 Å². The second-order valence-corrected chi connectivity index (χ2v) is 5.12. The second-order valence-electron chi connectivity index (χ2n) is 5.12. The first-order valence-electron chi connectivity index (χ1n) is 7.57. The normalized spacial score (nSPS) is 10.0. The highest BCUT2D eigenvalue weighted by molar-refractivity contribution is 5.90. The Balaban J connectivity index is 1.81. The summed E-state index contributed by atoms with van der Waals surface area (Å²) in [5.74, 6) is 1.32. The highest BCUT2D eigenvalue weighted by Gasteiger charge is 2.14. The predicted octanol–water partition coefficient (Wildman–Crippen LogP) is 3.11. The van der Waals surface area contributed by atoms with Gasteiger partial charge in [0.05, 0.1) is 29.8 Å². The van der Waals surface area contributed by atoms with Crippen molar-refractivity contribution in [1.29, 1.82) is 0 Å². The number of nitrogens with zero attached hydrogens (tertiary/aromatic N) is 1. The Labute approximate surface area is 144 Å². The molecule has 0 aromatic heterocycles. The maximum absolute atomic E-state index is 11.9. The highest BCUT2D eigenvalue weighted by Crippen LogP contribution is 2.24. The number of urea groups is 1. The molecule has 0 unspecified atom stereocenters. The van der Waals surface area contributed by atoms with Crippen molar-refractivity contribution in [1.82, 2.24) is 5.32 Å². The Bertz CT molecular complexity index is 764. The van der Waals surface area contributed by atoms with Crippen molar-refractivity contribution in [2.45, 2.75) is 6.92 Å². The molecular weight excluding hydrogens is 326 g/mol. The fourth-order valence-corrected chi connectivity index (χ4v) is 2.15. The summed E-state index contributed by atoms with van der Waals surface area (Å²) in [6.45, 7) is 2.13. The summed E-state index contributed by atoms with van der Waals surface area (Å²) in [6, 6.07) is 11.2. The van der Waals surface area contributed by atoms with Gasteiger partial charge in [-0.15, -0.1) is 0 Å². The highest BCUT2D eigenvalue weighted by atomic mass is 16.6. The third-order valence-corrected chi connectivity index (χ3v) is 3.45. The van der Waals surface area contributed by atoms with Crippen molar-refractivity contribution in [2.24, 2.45) is 0 Å². The van der Waals surface area contributed by atoms with Gasteiger partial charge in [-0.05, 0) is 25.1 Å². The van der Waals surface area contributed by atoms with E-state index in [1.807, 2.05) is 0 Å². The smallest absolute Gasteiger partial charge is 0.319 e. The fourth-order valence-electron chi connectivity index (χ4n) is 2.15. The maximum atomic E-state index is 11.9. The lowest BCUT2D eigenvalue weighted by atomic mass is 10.1. The lowest BCUT2D eigenvalue weighted by molar-refractivity contribution is -0.385. The topological polar surface area (TPSA) is 103 Å². The van der Waals surface area contributed by atoms with Crippen LogP contribution >= 0.6 is 0 Å². The van der Waals surface area contributed by atoms with Gasteiger partial charge in [-0.1, -0.05) is 12.1 Å². The minimum atomic E-state index is -0.486. The van der Waals surface area contributed by atoms with E-state index in [0.29, 0.717) is 22.7 Å². The molecule has 2 aromatic carbocycles. The molecule has 0 saturated carbocycles. The first kappa shape index (κ1) is 18.1. The third kappa shape index (κ3) is 5.10. The molecule has 0 spiro atoms. The average Bonchev–Trinajstić information content (AvgIpc) is 2.60. The largest absolute Gasteiger partial charge is 0.497 e. The van der Waals surface area contributed by atoms with Crippen LogP contribution in [-0.2, 0) is 0 Å². The maximum Gasteiger partial charge on any atom is 0.319 e. The summed E-state index contributed by atoms with van der Waals surface area (Å²) in [5, 5.41) is 16.1. The molecule has 0 saturated heterocycles. The van der Waals surface area contributed by atoms with E-state index in [4.69, 9.17) is 9.47 Å². The number of nitro benzene ring substituents is 1. The zero-order valence-electron chi connectivity index (χ0n) is 13.9. The molecule has 0 aliphatic rings. The van der Waals surface area contributed by atoms with Crippen LogP contribution in [0.1, 0.15) is 5.56 Å². The van der Waals surface area contributed by atoms with Gasteiger partial charge in [0, 0.05) is 12.1 Å². The molecule has 0 bridgehead atoms. The lowest BCUT2D eigenvalue weighted by Crippen LogP contribution is -2.32. The second kappa shape index (κ2) is 8.53. The van der Waals surface area contributed by atoms with Crippen LogP contribution in [0.5, 0.6) is 11.5 Å². The Morgan fingerprint density at radius 3 is 2.64 bits per heavy atom. The number of carbonyl (C=O) groups excluding carboxylic acids is 1. The van der Waals surface area contributed by atoms with Crippen molar-refractivity contribution in [2.75, 3.05) is 25.6 Å². The number of carbonyl (C=O) groups is 1. The molecule has 8 heteroatoms.